The van der Waals surface area contributed by atoms with Gasteiger partial charge < -0.3 is 15.2 Å². The van der Waals surface area contributed by atoms with Gasteiger partial charge in [-0.15, -0.1) is 0 Å². The van der Waals surface area contributed by atoms with Crippen LogP contribution in [0.4, 0.5) is 13.2 Å². The van der Waals surface area contributed by atoms with Crippen LogP contribution in [-0.2, 0) is 6.18 Å². The molecule has 4 nitrogen and oxygen atoms in total. The number of rotatable bonds is 1. The van der Waals surface area contributed by atoms with Crippen molar-refractivity contribution in [2.75, 3.05) is 0 Å². The van der Waals surface area contributed by atoms with E-state index >= 15 is 0 Å². The Bertz CT molecular complexity index is 342. The first-order valence-electron chi connectivity index (χ1n) is 3.44. The Morgan fingerprint density at radius 1 is 1.29 bits per heavy atom. The van der Waals surface area contributed by atoms with Crippen LogP contribution >= 0.6 is 0 Å². The van der Waals surface area contributed by atoms with E-state index in [1.807, 2.05) is 0 Å². The van der Waals surface area contributed by atoms with Crippen LogP contribution in [-0.4, -0.2) is 27.3 Å². The lowest BCUT2D eigenvalue weighted by atomic mass is 9.81. The molecule has 0 fully saturated rings. The number of pyridine rings is 1. The van der Waals surface area contributed by atoms with E-state index in [-0.39, 0.29) is 5.46 Å². The average molecular weight is 207 g/mol. The van der Waals surface area contributed by atoms with Crippen molar-refractivity contribution >= 4 is 12.6 Å². The Hall–Kier alpha value is -1.28. The summed E-state index contributed by atoms with van der Waals surface area (Å²) in [5.74, 6) is -1.14. The topological polar surface area (TPSA) is 73.6 Å². The molecule has 1 heterocycles. The van der Waals surface area contributed by atoms with E-state index in [1.54, 1.807) is 0 Å². The molecule has 0 saturated heterocycles. The number of halogens is 3. The molecule has 0 aliphatic heterocycles. The fourth-order valence-corrected chi connectivity index (χ4v) is 0.828. The highest BCUT2D eigenvalue weighted by molar-refractivity contribution is 6.58. The third-order valence-electron chi connectivity index (χ3n) is 1.46. The number of hydrogen-bond donors (Lipinski definition) is 3. The minimum atomic E-state index is -4.76. The second-order valence-electron chi connectivity index (χ2n) is 2.51. The molecule has 1 aromatic heterocycles. The van der Waals surface area contributed by atoms with Crippen LogP contribution in [0, 0.1) is 0 Å². The van der Waals surface area contributed by atoms with Gasteiger partial charge in [-0.2, -0.15) is 13.2 Å². The molecule has 0 unspecified atom stereocenters. The van der Waals surface area contributed by atoms with E-state index < -0.39 is 24.7 Å². The normalized spacial score (nSPS) is 11.5. The third kappa shape index (κ3) is 2.15. The molecule has 0 spiro atoms. The monoisotopic (exact) mass is 207 g/mol. The highest BCUT2D eigenvalue weighted by Gasteiger charge is 2.36. The number of aromatic nitrogens is 1. The summed E-state index contributed by atoms with van der Waals surface area (Å²) in [6, 6.07) is 0.598. The Kier molecular flexibility index (Phi) is 2.67. The standard InChI is InChI=1S/C6H5BF3NO3/c8-6(9,10)5-4(12)1-3(2-11-5)7(13)14/h1-2,12-14H. The van der Waals surface area contributed by atoms with E-state index in [2.05, 4.69) is 4.98 Å². The Labute approximate surface area is 76.8 Å². The smallest absolute Gasteiger partial charge is 0.490 e. The third-order valence-corrected chi connectivity index (χ3v) is 1.46. The highest BCUT2D eigenvalue weighted by atomic mass is 19.4. The van der Waals surface area contributed by atoms with E-state index in [0.717, 1.165) is 0 Å². The molecule has 8 heteroatoms. The first kappa shape index (κ1) is 10.8. The maximum atomic E-state index is 12.0. The van der Waals surface area contributed by atoms with Crippen molar-refractivity contribution in [1.29, 1.82) is 0 Å². The van der Waals surface area contributed by atoms with Crippen molar-refractivity contribution in [2.45, 2.75) is 6.18 Å². The summed E-state index contributed by atoms with van der Waals surface area (Å²) in [6.07, 6.45) is -4.13. The average Bonchev–Trinajstić information content (AvgIpc) is 2.01. The van der Waals surface area contributed by atoms with Gasteiger partial charge in [0.15, 0.2) is 5.69 Å². The molecular weight excluding hydrogens is 202 g/mol. The molecule has 1 aromatic rings. The van der Waals surface area contributed by atoms with Crippen LogP contribution in [0.25, 0.3) is 0 Å². The number of hydrogen-bond acceptors (Lipinski definition) is 4. The van der Waals surface area contributed by atoms with Crippen molar-refractivity contribution in [1.82, 2.24) is 4.98 Å². The van der Waals surface area contributed by atoms with Crippen LogP contribution in [0.1, 0.15) is 5.69 Å². The minimum Gasteiger partial charge on any atom is -0.506 e. The Morgan fingerprint density at radius 3 is 2.21 bits per heavy atom. The predicted octanol–water partition coefficient (Wildman–Crippen LogP) is -0.514. The second-order valence-corrected chi connectivity index (χ2v) is 2.51. The molecule has 14 heavy (non-hydrogen) atoms. The molecule has 1 rings (SSSR count). The molecule has 0 bridgehead atoms. The zero-order valence-corrected chi connectivity index (χ0v) is 6.65. The molecule has 0 amide bonds. The maximum Gasteiger partial charge on any atom is 0.490 e. The number of alkyl halides is 3. The van der Waals surface area contributed by atoms with Gasteiger partial charge in [0.25, 0.3) is 0 Å². The summed E-state index contributed by atoms with van der Waals surface area (Å²) < 4.78 is 36.1. The van der Waals surface area contributed by atoms with Crippen LogP contribution in [0.3, 0.4) is 0 Å². The number of aromatic hydroxyl groups is 1. The Morgan fingerprint density at radius 2 is 1.86 bits per heavy atom. The van der Waals surface area contributed by atoms with Gasteiger partial charge in [-0.25, -0.2) is 4.98 Å². The maximum absolute atomic E-state index is 12.0. The zero-order valence-electron chi connectivity index (χ0n) is 6.65. The quantitative estimate of drug-likeness (QED) is 0.542. The van der Waals surface area contributed by atoms with Gasteiger partial charge in [-0.1, -0.05) is 0 Å². The fourth-order valence-electron chi connectivity index (χ4n) is 0.828. The lowest BCUT2D eigenvalue weighted by Crippen LogP contribution is -2.30. The molecular formula is C6H5BF3NO3. The molecule has 0 saturated carbocycles. The highest BCUT2D eigenvalue weighted by Crippen LogP contribution is 2.32. The molecule has 0 radical (unpaired) electrons. The Balaban J connectivity index is 3.15. The predicted molar refractivity (Wildman–Crippen MR) is 40.7 cm³/mol. The molecule has 0 atom stereocenters. The van der Waals surface area contributed by atoms with Gasteiger partial charge in [0.1, 0.15) is 5.75 Å². The molecule has 0 aromatic carbocycles. The summed E-state index contributed by atoms with van der Waals surface area (Å²) in [5, 5.41) is 26.0. The molecule has 76 valence electrons. The molecule has 0 aliphatic rings. The van der Waals surface area contributed by atoms with E-state index in [0.29, 0.717) is 12.3 Å². The van der Waals surface area contributed by atoms with Gasteiger partial charge in [0.2, 0.25) is 0 Å². The van der Waals surface area contributed by atoms with E-state index in [9.17, 15) is 13.2 Å². The SMILES string of the molecule is OB(O)c1cnc(C(F)(F)F)c(O)c1. The van der Waals surface area contributed by atoms with Crippen LogP contribution < -0.4 is 5.46 Å². The van der Waals surface area contributed by atoms with Crippen LogP contribution in [0.2, 0.25) is 0 Å². The molecule has 3 N–H and O–H groups in total. The van der Waals surface area contributed by atoms with Gasteiger partial charge >= 0.3 is 13.3 Å². The van der Waals surface area contributed by atoms with E-state index in [4.69, 9.17) is 15.2 Å². The van der Waals surface area contributed by atoms with Crippen molar-refractivity contribution in [2.24, 2.45) is 0 Å². The lowest BCUT2D eigenvalue weighted by Gasteiger charge is -2.08. The van der Waals surface area contributed by atoms with Crippen molar-refractivity contribution in [3.63, 3.8) is 0 Å². The zero-order chi connectivity index (χ0) is 10.9. The number of nitrogens with zero attached hydrogens (tertiary/aromatic N) is 1. The summed E-state index contributed by atoms with van der Waals surface area (Å²) in [4.78, 5) is 2.88. The molecule has 0 aliphatic carbocycles. The van der Waals surface area contributed by atoms with Crippen LogP contribution in [0.5, 0.6) is 5.75 Å². The first-order valence-corrected chi connectivity index (χ1v) is 3.44. The largest absolute Gasteiger partial charge is 0.506 e. The summed E-state index contributed by atoms with van der Waals surface area (Å²) in [6.45, 7) is 0. The summed E-state index contributed by atoms with van der Waals surface area (Å²) in [5.41, 5.74) is -1.77. The summed E-state index contributed by atoms with van der Waals surface area (Å²) >= 11 is 0. The second kappa shape index (κ2) is 3.47. The van der Waals surface area contributed by atoms with Crippen LogP contribution in [0.15, 0.2) is 12.3 Å². The van der Waals surface area contributed by atoms with Crippen molar-refractivity contribution in [3.8, 4) is 5.75 Å². The first-order chi connectivity index (χ1) is 6.32. The van der Waals surface area contributed by atoms with Gasteiger partial charge in [0.05, 0.1) is 0 Å². The van der Waals surface area contributed by atoms with Crippen molar-refractivity contribution < 1.29 is 28.3 Å². The van der Waals surface area contributed by atoms with Crippen molar-refractivity contribution in [3.05, 3.63) is 18.0 Å². The fraction of sp³-hybridized carbons (Fsp3) is 0.167. The van der Waals surface area contributed by atoms with Gasteiger partial charge in [-0.05, 0) is 6.07 Å². The minimum absolute atomic E-state index is 0.310. The van der Waals surface area contributed by atoms with E-state index in [1.165, 1.54) is 0 Å². The lowest BCUT2D eigenvalue weighted by molar-refractivity contribution is -0.142. The van der Waals surface area contributed by atoms with Gasteiger partial charge in [-0.3, -0.25) is 0 Å². The summed E-state index contributed by atoms with van der Waals surface area (Å²) in [7, 11) is -1.96. The van der Waals surface area contributed by atoms with Gasteiger partial charge in [0, 0.05) is 11.7 Å².